The van der Waals surface area contributed by atoms with Crippen LogP contribution in [0.25, 0.3) is 0 Å². The Morgan fingerprint density at radius 1 is 1.56 bits per heavy atom. The number of ketones is 1. The van der Waals surface area contributed by atoms with Crippen molar-refractivity contribution in [2.75, 3.05) is 20.2 Å². The molecule has 1 saturated heterocycles. The van der Waals surface area contributed by atoms with Crippen LogP contribution in [0, 0.1) is 11.7 Å². The molecule has 0 saturated carbocycles. The summed E-state index contributed by atoms with van der Waals surface area (Å²) in [6.07, 6.45) is 2.66. The van der Waals surface area contributed by atoms with Gasteiger partial charge in [0.15, 0.2) is 17.3 Å². The summed E-state index contributed by atoms with van der Waals surface area (Å²) in [7, 11) is 1.41. The Morgan fingerprint density at radius 3 is 3.00 bits per heavy atom. The topological polar surface area (TPSA) is 38.3 Å². The zero-order valence-electron chi connectivity index (χ0n) is 10.5. The normalized spacial score (nSPS) is 19.6. The maximum Gasteiger partial charge on any atom is 0.165 e. The Hall–Kier alpha value is -1.42. The van der Waals surface area contributed by atoms with E-state index in [9.17, 15) is 9.18 Å². The first kappa shape index (κ1) is 13.0. The number of ether oxygens (including phenoxy) is 1. The van der Waals surface area contributed by atoms with Crippen molar-refractivity contribution >= 4 is 5.78 Å². The number of methoxy groups -OCH3 is 1. The molecule has 1 aromatic carbocycles. The van der Waals surface area contributed by atoms with E-state index in [1.54, 1.807) is 6.07 Å². The lowest BCUT2D eigenvalue weighted by Crippen LogP contribution is -2.31. The third kappa shape index (κ3) is 3.07. The first-order chi connectivity index (χ1) is 8.70. The molecule has 0 aromatic heterocycles. The molecule has 1 heterocycles. The molecule has 1 aliphatic rings. The largest absolute Gasteiger partial charge is 0.494 e. The van der Waals surface area contributed by atoms with Crippen LogP contribution in [0.15, 0.2) is 18.2 Å². The van der Waals surface area contributed by atoms with Gasteiger partial charge in [0, 0.05) is 12.0 Å². The van der Waals surface area contributed by atoms with E-state index >= 15 is 0 Å². The van der Waals surface area contributed by atoms with Gasteiger partial charge in [-0.05, 0) is 50.0 Å². The van der Waals surface area contributed by atoms with Gasteiger partial charge in [-0.25, -0.2) is 4.39 Å². The van der Waals surface area contributed by atoms with Crippen molar-refractivity contribution in [3.63, 3.8) is 0 Å². The van der Waals surface area contributed by atoms with Crippen LogP contribution in [0.2, 0.25) is 0 Å². The second kappa shape index (κ2) is 5.96. The Balaban J connectivity index is 2.01. The molecule has 0 aliphatic carbocycles. The van der Waals surface area contributed by atoms with Gasteiger partial charge in [-0.2, -0.15) is 0 Å². The minimum atomic E-state index is -0.481. The summed E-state index contributed by atoms with van der Waals surface area (Å²) < 4.78 is 18.3. The highest BCUT2D eigenvalue weighted by atomic mass is 19.1. The van der Waals surface area contributed by atoms with Crippen molar-refractivity contribution in [3.8, 4) is 5.75 Å². The number of halogens is 1. The molecule has 0 amide bonds. The minimum absolute atomic E-state index is 0.00486. The fraction of sp³-hybridized carbons (Fsp3) is 0.500. The fourth-order valence-electron chi connectivity index (χ4n) is 2.32. The van der Waals surface area contributed by atoms with Gasteiger partial charge < -0.3 is 10.1 Å². The molecule has 0 radical (unpaired) electrons. The van der Waals surface area contributed by atoms with Gasteiger partial charge in [0.05, 0.1) is 7.11 Å². The van der Waals surface area contributed by atoms with Crippen molar-refractivity contribution in [1.82, 2.24) is 5.32 Å². The molecular weight excluding hydrogens is 233 g/mol. The van der Waals surface area contributed by atoms with Gasteiger partial charge >= 0.3 is 0 Å². The molecule has 1 fully saturated rings. The molecule has 98 valence electrons. The van der Waals surface area contributed by atoms with Crippen LogP contribution >= 0.6 is 0 Å². The summed E-state index contributed by atoms with van der Waals surface area (Å²) in [5, 5.41) is 3.27. The van der Waals surface area contributed by atoms with Gasteiger partial charge in [-0.1, -0.05) is 0 Å². The lowest BCUT2D eigenvalue weighted by Gasteiger charge is -2.21. The van der Waals surface area contributed by atoms with E-state index in [0.717, 1.165) is 25.9 Å². The van der Waals surface area contributed by atoms with E-state index in [1.165, 1.54) is 19.2 Å². The van der Waals surface area contributed by atoms with E-state index < -0.39 is 5.82 Å². The first-order valence-corrected chi connectivity index (χ1v) is 6.28. The smallest absolute Gasteiger partial charge is 0.165 e. The van der Waals surface area contributed by atoms with Gasteiger partial charge in [0.25, 0.3) is 0 Å². The maximum atomic E-state index is 13.5. The minimum Gasteiger partial charge on any atom is -0.494 e. The number of rotatable bonds is 4. The Morgan fingerprint density at radius 2 is 2.39 bits per heavy atom. The lowest BCUT2D eigenvalue weighted by atomic mass is 9.92. The van der Waals surface area contributed by atoms with Crippen LogP contribution in [0.5, 0.6) is 5.75 Å². The SMILES string of the molecule is COc1ccc(C(=O)CC2CCCNC2)cc1F. The van der Waals surface area contributed by atoms with Gasteiger partial charge in [-0.3, -0.25) is 4.79 Å². The molecule has 1 unspecified atom stereocenters. The number of hydrogen-bond donors (Lipinski definition) is 1. The predicted octanol–water partition coefficient (Wildman–Crippen LogP) is 2.41. The molecule has 4 heteroatoms. The number of Topliss-reactive ketones (excluding diaryl/α,β-unsaturated/α-hetero) is 1. The second-order valence-corrected chi connectivity index (χ2v) is 4.69. The third-order valence-electron chi connectivity index (χ3n) is 3.35. The number of hydrogen-bond acceptors (Lipinski definition) is 3. The monoisotopic (exact) mass is 251 g/mol. The number of piperidine rings is 1. The Bertz CT molecular complexity index is 428. The quantitative estimate of drug-likeness (QED) is 0.835. The van der Waals surface area contributed by atoms with Gasteiger partial charge in [0.2, 0.25) is 0 Å². The predicted molar refractivity (Wildman–Crippen MR) is 67.5 cm³/mol. The van der Waals surface area contributed by atoms with Crippen LogP contribution in [-0.2, 0) is 0 Å². The highest BCUT2D eigenvalue weighted by molar-refractivity contribution is 5.96. The van der Waals surface area contributed by atoms with E-state index in [1.807, 2.05) is 0 Å². The molecule has 1 aliphatic heterocycles. The van der Waals surface area contributed by atoms with E-state index in [0.29, 0.717) is 17.9 Å². The fourth-order valence-corrected chi connectivity index (χ4v) is 2.32. The zero-order valence-corrected chi connectivity index (χ0v) is 10.5. The highest BCUT2D eigenvalue weighted by Crippen LogP contribution is 2.21. The zero-order chi connectivity index (χ0) is 13.0. The van der Waals surface area contributed by atoms with Crippen molar-refractivity contribution in [3.05, 3.63) is 29.6 Å². The second-order valence-electron chi connectivity index (χ2n) is 4.69. The van der Waals surface area contributed by atoms with Crippen molar-refractivity contribution in [2.24, 2.45) is 5.92 Å². The van der Waals surface area contributed by atoms with E-state index in [4.69, 9.17) is 4.74 Å². The number of carbonyl (C=O) groups is 1. The Labute approximate surface area is 106 Å². The summed E-state index contributed by atoms with van der Waals surface area (Å²) in [5.41, 5.74) is 0.430. The standard InChI is InChI=1S/C14H18FNO2/c1-18-14-5-4-11(8-12(14)15)13(17)7-10-3-2-6-16-9-10/h4-5,8,10,16H,2-3,6-7,9H2,1H3. The molecule has 3 nitrogen and oxygen atoms in total. The van der Waals surface area contributed by atoms with E-state index in [2.05, 4.69) is 5.32 Å². The average Bonchev–Trinajstić information content (AvgIpc) is 2.39. The summed E-state index contributed by atoms with van der Waals surface area (Å²) in [6.45, 7) is 1.91. The van der Waals surface area contributed by atoms with E-state index in [-0.39, 0.29) is 11.5 Å². The van der Waals surface area contributed by atoms with Crippen LogP contribution < -0.4 is 10.1 Å². The molecule has 0 spiro atoms. The van der Waals surface area contributed by atoms with Gasteiger partial charge in [-0.15, -0.1) is 0 Å². The van der Waals surface area contributed by atoms with Gasteiger partial charge in [0.1, 0.15) is 0 Å². The van der Waals surface area contributed by atoms with Crippen molar-refractivity contribution in [1.29, 1.82) is 0 Å². The van der Waals surface area contributed by atoms with Crippen LogP contribution in [-0.4, -0.2) is 26.0 Å². The first-order valence-electron chi connectivity index (χ1n) is 6.28. The summed E-state index contributed by atoms with van der Waals surface area (Å²) in [6, 6.07) is 4.39. The molecule has 1 aromatic rings. The summed E-state index contributed by atoms with van der Waals surface area (Å²) >= 11 is 0. The van der Waals surface area contributed by atoms with Crippen molar-refractivity contribution < 1.29 is 13.9 Å². The van der Waals surface area contributed by atoms with Crippen LogP contribution in [0.3, 0.4) is 0 Å². The number of benzene rings is 1. The number of carbonyl (C=O) groups excluding carboxylic acids is 1. The Kier molecular flexibility index (Phi) is 4.31. The number of nitrogens with one attached hydrogen (secondary N) is 1. The highest BCUT2D eigenvalue weighted by Gasteiger charge is 2.18. The molecule has 1 atom stereocenters. The molecule has 1 N–H and O–H groups in total. The third-order valence-corrected chi connectivity index (χ3v) is 3.35. The average molecular weight is 251 g/mol. The summed E-state index contributed by atoms with van der Waals surface area (Å²) in [5.74, 6) is 0.0673. The lowest BCUT2D eigenvalue weighted by molar-refractivity contribution is 0.0953. The molecular formula is C14H18FNO2. The maximum absolute atomic E-state index is 13.5. The molecule has 18 heavy (non-hydrogen) atoms. The van der Waals surface area contributed by atoms with Crippen molar-refractivity contribution in [2.45, 2.75) is 19.3 Å². The van der Waals surface area contributed by atoms with Crippen LogP contribution in [0.1, 0.15) is 29.6 Å². The molecule has 2 rings (SSSR count). The van der Waals surface area contributed by atoms with Crippen LogP contribution in [0.4, 0.5) is 4.39 Å². The molecule has 0 bridgehead atoms. The summed E-state index contributed by atoms with van der Waals surface area (Å²) in [4.78, 5) is 12.0.